The molecule has 3 heteroatoms. The minimum absolute atomic E-state index is 0.128. The van der Waals surface area contributed by atoms with Gasteiger partial charge in [-0.1, -0.05) is 51.1 Å². The van der Waals surface area contributed by atoms with Crippen LogP contribution < -0.4 is 0 Å². The zero-order valence-electron chi connectivity index (χ0n) is 13.4. The summed E-state index contributed by atoms with van der Waals surface area (Å²) >= 11 is 0. The van der Waals surface area contributed by atoms with Crippen LogP contribution >= 0.6 is 0 Å². The van der Waals surface area contributed by atoms with E-state index >= 15 is 0 Å². The Morgan fingerprint density at radius 3 is 2.10 bits per heavy atom. The van der Waals surface area contributed by atoms with Crippen LogP contribution in [0.25, 0.3) is 0 Å². The van der Waals surface area contributed by atoms with Crippen molar-refractivity contribution in [2.24, 2.45) is 5.41 Å². The first-order valence-electron chi connectivity index (χ1n) is 6.96. The molecule has 0 aliphatic rings. The Morgan fingerprint density at radius 2 is 1.65 bits per heavy atom. The van der Waals surface area contributed by atoms with Crippen LogP contribution in [0.2, 0.25) is 0 Å². The van der Waals surface area contributed by atoms with E-state index in [0.717, 1.165) is 5.56 Å². The highest BCUT2D eigenvalue weighted by Gasteiger charge is 2.38. The highest BCUT2D eigenvalue weighted by Crippen LogP contribution is 2.34. The van der Waals surface area contributed by atoms with Crippen LogP contribution in [0.15, 0.2) is 30.3 Å². The van der Waals surface area contributed by atoms with Crippen molar-refractivity contribution in [1.82, 2.24) is 0 Å². The second-order valence-electron chi connectivity index (χ2n) is 6.60. The molecule has 112 valence electrons. The lowest BCUT2D eigenvalue weighted by Gasteiger charge is -2.39. The van der Waals surface area contributed by atoms with Crippen LogP contribution in [0.4, 0.5) is 0 Å². The fourth-order valence-electron chi connectivity index (χ4n) is 1.63. The number of methoxy groups -OCH3 is 1. The van der Waals surface area contributed by atoms with Gasteiger partial charge < -0.3 is 9.47 Å². The quantitative estimate of drug-likeness (QED) is 0.769. The molecule has 20 heavy (non-hydrogen) atoms. The van der Waals surface area contributed by atoms with Gasteiger partial charge in [0.1, 0.15) is 11.5 Å². The summed E-state index contributed by atoms with van der Waals surface area (Å²) in [5.41, 5.74) is 0.256. The molecule has 0 aliphatic carbocycles. The Balaban J connectivity index is 2.92. The van der Waals surface area contributed by atoms with Crippen molar-refractivity contribution in [2.75, 3.05) is 13.7 Å². The first-order valence-corrected chi connectivity index (χ1v) is 6.96. The van der Waals surface area contributed by atoms with E-state index in [2.05, 4.69) is 20.8 Å². The van der Waals surface area contributed by atoms with Crippen molar-refractivity contribution in [1.29, 1.82) is 0 Å². The predicted octanol–water partition coefficient (Wildman–Crippen LogP) is 3.78. The summed E-state index contributed by atoms with van der Waals surface area (Å²) in [6.45, 7) is 10.4. The van der Waals surface area contributed by atoms with Gasteiger partial charge in [0, 0.05) is 12.5 Å². The minimum Gasteiger partial charge on any atom is -0.459 e. The van der Waals surface area contributed by atoms with Crippen LogP contribution in [-0.4, -0.2) is 25.3 Å². The van der Waals surface area contributed by atoms with Crippen molar-refractivity contribution in [3.63, 3.8) is 0 Å². The molecular formula is C17H26O3. The van der Waals surface area contributed by atoms with Gasteiger partial charge in [-0.2, -0.15) is 0 Å². The minimum atomic E-state index is -0.537. The summed E-state index contributed by atoms with van der Waals surface area (Å²) in [5.74, 6) is -0.624. The zero-order valence-corrected chi connectivity index (χ0v) is 13.4. The molecule has 1 atom stereocenters. The van der Waals surface area contributed by atoms with Gasteiger partial charge in [-0.15, -0.1) is 0 Å². The van der Waals surface area contributed by atoms with Gasteiger partial charge in [0.2, 0.25) is 0 Å². The highest BCUT2D eigenvalue weighted by molar-refractivity contribution is 5.78. The average molecular weight is 278 g/mol. The maximum absolute atomic E-state index is 12.5. The number of rotatable bonds is 5. The van der Waals surface area contributed by atoms with Crippen molar-refractivity contribution in [3.8, 4) is 0 Å². The van der Waals surface area contributed by atoms with Gasteiger partial charge in [-0.3, -0.25) is 4.79 Å². The molecule has 0 saturated heterocycles. The number of ether oxygens (including phenoxy) is 2. The smallest absolute Gasteiger partial charge is 0.316 e. The van der Waals surface area contributed by atoms with Gasteiger partial charge in [-0.05, 0) is 19.4 Å². The van der Waals surface area contributed by atoms with E-state index < -0.39 is 5.60 Å². The molecule has 0 aliphatic heterocycles. The van der Waals surface area contributed by atoms with E-state index in [1.165, 1.54) is 0 Å². The van der Waals surface area contributed by atoms with E-state index in [9.17, 15) is 4.79 Å². The molecule has 0 bridgehead atoms. The summed E-state index contributed by atoms with van der Waals surface area (Å²) in [4.78, 5) is 12.5. The van der Waals surface area contributed by atoms with Gasteiger partial charge in [-0.25, -0.2) is 0 Å². The fraction of sp³-hybridized carbons (Fsp3) is 0.588. The molecule has 0 saturated carbocycles. The van der Waals surface area contributed by atoms with E-state index in [1.807, 2.05) is 44.2 Å². The second kappa shape index (κ2) is 6.40. The van der Waals surface area contributed by atoms with Crippen LogP contribution in [0, 0.1) is 5.41 Å². The number of carbonyl (C=O) groups excluding carboxylic acids is 1. The second-order valence-corrected chi connectivity index (χ2v) is 6.60. The average Bonchev–Trinajstić information content (AvgIpc) is 2.35. The number of hydrogen-bond acceptors (Lipinski definition) is 3. The Kier molecular flexibility index (Phi) is 5.35. The lowest BCUT2D eigenvalue weighted by molar-refractivity contribution is -0.170. The number of esters is 1. The molecule has 3 nitrogen and oxygen atoms in total. The molecule has 0 fully saturated rings. The van der Waals surface area contributed by atoms with Gasteiger partial charge in [0.15, 0.2) is 0 Å². The molecule has 0 heterocycles. The van der Waals surface area contributed by atoms with Crippen molar-refractivity contribution in [2.45, 2.75) is 46.1 Å². The summed E-state index contributed by atoms with van der Waals surface area (Å²) in [6, 6.07) is 9.61. The molecule has 1 aromatic carbocycles. The first-order chi connectivity index (χ1) is 9.19. The summed E-state index contributed by atoms with van der Waals surface area (Å²) in [6.07, 6.45) is 0. The third-order valence-electron chi connectivity index (χ3n) is 3.98. The third kappa shape index (κ3) is 4.07. The van der Waals surface area contributed by atoms with Crippen molar-refractivity contribution >= 4 is 5.97 Å². The highest BCUT2D eigenvalue weighted by atomic mass is 16.6. The molecular weight excluding hydrogens is 252 g/mol. The molecule has 0 amide bonds. The largest absolute Gasteiger partial charge is 0.459 e. The number of carbonyl (C=O) groups is 1. The van der Waals surface area contributed by atoms with E-state index in [0.29, 0.717) is 6.61 Å². The standard InChI is InChI=1S/C17H26O3/c1-16(2,3)17(4,5)20-15(18)14(12-19-6)13-10-8-7-9-11-13/h7-11,14H,12H2,1-6H3/t14-/m0/s1. The number of benzene rings is 1. The molecule has 0 N–H and O–H groups in total. The predicted molar refractivity (Wildman–Crippen MR) is 80.7 cm³/mol. The summed E-state index contributed by atoms with van der Waals surface area (Å²) < 4.78 is 10.9. The van der Waals surface area contributed by atoms with Gasteiger partial charge in [0.05, 0.1) is 6.61 Å². The van der Waals surface area contributed by atoms with Crippen LogP contribution in [0.5, 0.6) is 0 Å². The van der Waals surface area contributed by atoms with Crippen molar-refractivity contribution in [3.05, 3.63) is 35.9 Å². The molecule has 0 radical (unpaired) electrons. The maximum Gasteiger partial charge on any atom is 0.316 e. The normalized spacial score (nSPS) is 13.9. The lowest BCUT2D eigenvalue weighted by atomic mass is 9.79. The van der Waals surface area contributed by atoms with Crippen molar-refractivity contribution < 1.29 is 14.3 Å². The SMILES string of the molecule is COC[C@H](C(=O)OC(C)(C)C(C)(C)C)c1ccccc1. The van der Waals surface area contributed by atoms with Gasteiger partial charge >= 0.3 is 5.97 Å². The van der Waals surface area contributed by atoms with E-state index in [4.69, 9.17) is 9.47 Å². The Hall–Kier alpha value is -1.35. The molecule has 1 aromatic rings. The molecule has 1 rings (SSSR count). The Labute approximate surface area is 122 Å². The van der Waals surface area contributed by atoms with Crippen LogP contribution in [0.3, 0.4) is 0 Å². The molecule has 0 spiro atoms. The van der Waals surface area contributed by atoms with Crippen LogP contribution in [0.1, 0.15) is 46.1 Å². The molecule has 0 aromatic heterocycles. The Bertz CT molecular complexity index is 429. The first kappa shape index (κ1) is 16.7. The molecule has 0 unspecified atom stereocenters. The maximum atomic E-state index is 12.5. The van der Waals surface area contributed by atoms with E-state index in [1.54, 1.807) is 7.11 Å². The lowest BCUT2D eigenvalue weighted by Crippen LogP contribution is -2.42. The topological polar surface area (TPSA) is 35.5 Å². The summed E-state index contributed by atoms with van der Waals surface area (Å²) in [7, 11) is 1.60. The van der Waals surface area contributed by atoms with Gasteiger partial charge in [0.25, 0.3) is 0 Å². The van der Waals surface area contributed by atoms with Crippen LogP contribution in [-0.2, 0) is 14.3 Å². The number of hydrogen-bond donors (Lipinski definition) is 0. The fourth-order valence-corrected chi connectivity index (χ4v) is 1.63. The Morgan fingerprint density at radius 1 is 1.10 bits per heavy atom. The monoisotopic (exact) mass is 278 g/mol. The van der Waals surface area contributed by atoms with E-state index in [-0.39, 0.29) is 17.3 Å². The third-order valence-corrected chi connectivity index (χ3v) is 3.98. The summed E-state index contributed by atoms with van der Waals surface area (Å²) in [5, 5.41) is 0. The zero-order chi connectivity index (χ0) is 15.4.